The van der Waals surface area contributed by atoms with Crippen LogP contribution in [0.15, 0.2) is 51.5 Å². The summed E-state index contributed by atoms with van der Waals surface area (Å²) < 4.78 is 5.96. The van der Waals surface area contributed by atoms with Crippen LogP contribution < -0.4 is 11.2 Å². The van der Waals surface area contributed by atoms with Crippen LogP contribution in [0.2, 0.25) is 0 Å². The van der Waals surface area contributed by atoms with Crippen LogP contribution in [0, 0.1) is 0 Å². The van der Waals surface area contributed by atoms with Gasteiger partial charge in [-0.2, -0.15) is 9.78 Å². The molecule has 0 saturated heterocycles. The van der Waals surface area contributed by atoms with E-state index in [1.54, 1.807) is 6.21 Å². The van der Waals surface area contributed by atoms with Gasteiger partial charge in [0.15, 0.2) is 5.69 Å². The van der Waals surface area contributed by atoms with Crippen LogP contribution in [0.25, 0.3) is 16.4 Å². The number of carbonyl (C=O) groups is 1. The zero-order valence-electron chi connectivity index (χ0n) is 15.3. The van der Waals surface area contributed by atoms with E-state index in [4.69, 9.17) is 5.73 Å². The predicted molar refractivity (Wildman–Crippen MR) is 108 cm³/mol. The lowest BCUT2D eigenvalue weighted by Crippen LogP contribution is -2.19. The molecule has 0 saturated carbocycles. The maximum atomic E-state index is 12.7. The van der Waals surface area contributed by atoms with Gasteiger partial charge in [0.2, 0.25) is 11.6 Å². The number of hydrogen-bond acceptors (Lipinski definition) is 9. The van der Waals surface area contributed by atoms with Crippen molar-refractivity contribution >= 4 is 29.3 Å². The van der Waals surface area contributed by atoms with Gasteiger partial charge >= 0.3 is 0 Å². The van der Waals surface area contributed by atoms with Crippen LogP contribution in [0.5, 0.6) is 0 Å². The molecule has 11 heteroatoms. The number of aryl methyl sites for hydroxylation is 1. The molecule has 0 atom stereocenters. The number of hydrogen-bond donors (Lipinski definition) is 2. The highest BCUT2D eigenvalue weighted by Gasteiger charge is 2.25. The normalized spacial score (nSPS) is 11.2. The summed E-state index contributed by atoms with van der Waals surface area (Å²) in [6.07, 6.45) is 2.52. The van der Waals surface area contributed by atoms with Gasteiger partial charge in [-0.25, -0.2) is 10.1 Å². The number of thiophene rings is 1. The molecule has 3 N–H and O–H groups in total. The van der Waals surface area contributed by atoms with Crippen molar-refractivity contribution in [3.63, 3.8) is 0 Å². The fourth-order valence-corrected chi connectivity index (χ4v) is 3.37. The number of nitrogen functional groups attached to an aromatic ring is 1. The van der Waals surface area contributed by atoms with Crippen LogP contribution in [0.4, 0.5) is 5.82 Å². The van der Waals surface area contributed by atoms with Crippen molar-refractivity contribution in [1.82, 2.24) is 30.7 Å². The zero-order chi connectivity index (χ0) is 20.2. The first-order chi connectivity index (χ1) is 14.2. The second kappa shape index (κ2) is 8.02. The van der Waals surface area contributed by atoms with E-state index in [2.05, 4.69) is 42.7 Å². The van der Waals surface area contributed by atoms with Gasteiger partial charge in [0.05, 0.1) is 11.1 Å². The van der Waals surface area contributed by atoms with Gasteiger partial charge in [-0.05, 0) is 39.3 Å². The lowest BCUT2D eigenvalue weighted by atomic mass is 10.1. The molecule has 4 aromatic rings. The molecular formula is C18H16N8O2S. The molecule has 146 valence electrons. The Labute approximate surface area is 169 Å². The molecule has 3 heterocycles. The predicted octanol–water partition coefficient (Wildman–Crippen LogP) is 2.29. The van der Waals surface area contributed by atoms with E-state index < -0.39 is 5.91 Å². The van der Waals surface area contributed by atoms with Gasteiger partial charge in [-0.3, -0.25) is 4.79 Å². The summed E-state index contributed by atoms with van der Waals surface area (Å²) in [6, 6.07) is 11.6. The molecule has 0 bridgehead atoms. The molecule has 0 radical (unpaired) electrons. The highest BCUT2D eigenvalue weighted by Crippen LogP contribution is 2.29. The van der Waals surface area contributed by atoms with Crippen molar-refractivity contribution in [2.45, 2.75) is 13.3 Å². The van der Waals surface area contributed by atoms with Crippen LogP contribution in [-0.4, -0.2) is 37.4 Å². The lowest BCUT2D eigenvalue weighted by Gasteiger charge is -2.03. The highest BCUT2D eigenvalue weighted by molar-refractivity contribution is 7.13. The molecule has 0 unspecified atom stereocenters. The molecule has 0 aliphatic rings. The van der Waals surface area contributed by atoms with Crippen LogP contribution in [0.3, 0.4) is 0 Å². The van der Waals surface area contributed by atoms with Crippen molar-refractivity contribution in [3.8, 4) is 16.4 Å². The molecule has 29 heavy (non-hydrogen) atoms. The number of nitrogens with zero attached hydrogens (tertiary/aromatic N) is 6. The minimum absolute atomic E-state index is 0.0354. The molecule has 10 nitrogen and oxygen atoms in total. The Morgan fingerprint density at radius 2 is 2.14 bits per heavy atom. The third kappa shape index (κ3) is 3.75. The molecule has 3 aromatic heterocycles. The Morgan fingerprint density at radius 1 is 1.31 bits per heavy atom. The van der Waals surface area contributed by atoms with Crippen molar-refractivity contribution in [2.75, 3.05) is 5.73 Å². The second-order valence-electron chi connectivity index (χ2n) is 5.94. The number of aromatic nitrogens is 5. The van der Waals surface area contributed by atoms with Crippen molar-refractivity contribution in [2.24, 2.45) is 5.10 Å². The maximum Gasteiger partial charge on any atom is 0.294 e. The number of anilines is 1. The van der Waals surface area contributed by atoms with Crippen molar-refractivity contribution in [3.05, 3.63) is 58.6 Å². The Morgan fingerprint density at radius 3 is 2.79 bits per heavy atom. The number of benzene rings is 1. The van der Waals surface area contributed by atoms with Crippen molar-refractivity contribution < 1.29 is 9.42 Å². The van der Waals surface area contributed by atoms with Gasteiger partial charge in [-0.1, -0.05) is 42.5 Å². The Balaban J connectivity index is 1.60. The molecule has 1 amide bonds. The Hall–Kier alpha value is -3.86. The van der Waals surface area contributed by atoms with E-state index in [-0.39, 0.29) is 17.3 Å². The van der Waals surface area contributed by atoms with E-state index in [0.717, 1.165) is 16.9 Å². The monoisotopic (exact) mass is 408 g/mol. The number of rotatable bonds is 6. The number of hydrazone groups is 1. The number of nitrogens with two attached hydrogens (primary N) is 1. The zero-order valence-corrected chi connectivity index (χ0v) is 16.1. The van der Waals surface area contributed by atoms with Crippen molar-refractivity contribution in [1.29, 1.82) is 0 Å². The molecule has 0 spiro atoms. The third-order valence-electron chi connectivity index (χ3n) is 4.10. The first-order valence-corrected chi connectivity index (χ1v) is 9.55. The second-order valence-corrected chi connectivity index (χ2v) is 6.89. The highest BCUT2D eigenvalue weighted by atomic mass is 32.1. The average molecular weight is 408 g/mol. The first kappa shape index (κ1) is 18.5. The number of amides is 1. The number of nitrogens with one attached hydrogen (secondary N) is 1. The number of carbonyl (C=O) groups excluding carboxylic acids is 1. The third-order valence-corrected chi connectivity index (χ3v) is 4.98. The van der Waals surface area contributed by atoms with E-state index in [9.17, 15) is 4.79 Å². The summed E-state index contributed by atoms with van der Waals surface area (Å²) >= 11 is 1.41. The first-order valence-electron chi connectivity index (χ1n) is 8.67. The fourth-order valence-electron chi connectivity index (χ4n) is 2.61. The smallest absolute Gasteiger partial charge is 0.294 e. The summed E-state index contributed by atoms with van der Waals surface area (Å²) in [5, 5.41) is 21.2. The largest absolute Gasteiger partial charge is 0.378 e. The van der Waals surface area contributed by atoms with Gasteiger partial charge in [0.25, 0.3) is 5.91 Å². The molecule has 1 aromatic carbocycles. The topological polar surface area (TPSA) is 137 Å². The van der Waals surface area contributed by atoms with Crippen LogP contribution >= 0.6 is 11.3 Å². The Bertz CT molecular complexity index is 1150. The summed E-state index contributed by atoms with van der Waals surface area (Å²) in [6.45, 7) is 2.09. The molecular weight excluding hydrogens is 392 g/mol. The van der Waals surface area contributed by atoms with E-state index in [0.29, 0.717) is 5.69 Å². The minimum atomic E-state index is -0.517. The molecule has 0 aliphatic carbocycles. The van der Waals surface area contributed by atoms with Gasteiger partial charge in [0, 0.05) is 0 Å². The summed E-state index contributed by atoms with van der Waals surface area (Å²) in [7, 11) is 0. The van der Waals surface area contributed by atoms with Gasteiger partial charge < -0.3 is 5.73 Å². The minimum Gasteiger partial charge on any atom is -0.378 e. The molecule has 0 aliphatic heterocycles. The summed E-state index contributed by atoms with van der Waals surface area (Å²) in [5.74, 6) is -0.330. The quantitative estimate of drug-likeness (QED) is 0.369. The van der Waals surface area contributed by atoms with Crippen LogP contribution in [-0.2, 0) is 6.42 Å². The van der Waals surface area contributed by atoms with E-state index in [1.165, 1.54) is 21.6 Å². The Kier molecular flexibility index (Phi) is 5.12. The standard InChI is InChI=1S/C18H16N8O2S/c1-2-11-5-7-12(8-6-11)10-20-22-18(27)14-15(13-4-3-9-29-13)26(25-21-14)17-16(19)23-28-24-17/h3-10H,2H2,1H3,(H2,19,23)(H,22,27)/b20-10+. The summed E-state index contributed by atoms with van der Waals surface area (Å²) in [5.41, 5.74) is 10.8. The SMILES string of the molecule is CCc1ccc(/C=N/NC(=O)c2nnn(-c3nonc3N)c2-c2cccs2)cc1. The van der Waals surface area contributed by atoms with Crippen LogP contribution in [0.1, 0.15) is 28.5 Å². The van der Waals surface area contributed by atoms with E-state index in [1.807, 2.05) is 41.8 Å². The fraction of sp³-hybridized carbons (Fsp3) is 0.111. The van der Waals surface area contributed by atoms with Gasteiger partial charge in [0.1, 0.15) is 5.69 Å². The molecule has 4 rings (SSSR count). The summed E-state index contributed by atoms with van der Waals surface area (Å²) in [4.78, 5) is 13.4. The average Bonchev–Trinajstić information content (AvgIpc) is 3.48. The van der Waals surface area contributed by atoms with Gasteiger partial charge in [-0.15, -0.1) is 16.4 Å². The lowest BCUT2D eigenvalue weighted by molar-refractivity contribution is 0.0951. The molecule has 0 fully saturated rings. The maximum absolute atomic E-state index is 12.7. The van der Waals surface area contributed by atoms with E-state index >= 15 is 0 Å².